The standard InChI is InChI=1S/2C5H10N.2ClH.Zr/c2*1-2-4-6-5-3-1;;;/h2*1-5H2;2*1H;/q2*-1;;;+4/p-2. The predicted octanol–water partition coefficient (Wildman–Crippen LogP) is 4.46. The molecule has 2 aliphatic heterocycles. The van der Waals surface area contributed by atoms with Crippen LogP contribution in [0.2, 0.25) is 0 Å². The molecule has 0 spiro atoms. The second-order valence-corrected chi connectivity index (χ2v) is 7.27. The minimum atomic E-state index is -0.826. The monoisotopic (exact) mass is 328 g/mol. The SMILES string of the molecule is C1CC[N-]CC1.C1CC[N-]CC1.[Cl][Zr+2][Cl]. The van der Waals surface area contributed by atoms with Crippen LogP contribution in [0.1, 0.15) is 38.5 Å². The second-order valence-electron chi connectivity index (χ2n) is 3.53. The van der Waals surface area contributed by atoms with Gasteiger partial charge in [0, 0.05) is 0 Å². The van der Waals surface area contributed by atoms with Crippen LogP contribution < -0.4 is 0 Å². The molecule has 88 valence electrons. The van der Waals surface area contributed by atoms with E-state index in [-0.39, 0.29) is 0 Å². The Kier molecular flexibility index (Phi) is 16.8. The van der Waals surface area contributed by atoms with E-state index in [2.05, 4.69) is 10.6 Å². The zero-order valence-electron chi connectivity index (χ0n) is 9.22. The van der Waals surface area contributed by atoms with Gasteiger partial charge in [-0.1, -0.05) is 38.5 Å². The van der Waals surface area contributed by atoms with Gasteiger partial charge in [0.25, 0.3) is 0 Å². The molecule has 0 aromatic rings. The third kappa shape index (κ3) is 15.4. The van der Waals surface area contributed by atoms with E-state index in [1.54, 1.807) is 0 Å². The normalized spacial score (nSPS) is 19.9. The topological polar surface area (TPSA) is 28.2 Å². The molecule has 0 amide bonds. The Bertz CT molecular complexity index is 74.6. The zero-order valence-corrected chi connectivity index (χ0v) is 13.2. The predicted molar refractivity (Wildman–Crippen MR) is 65.6 cm³/mol. The molecule has 5 heteroatoms. The summed E-state index contributed by atoms with van der Waals surface area (Å²) in [5, 5.41) is 8.35. The number of nitrogens with zero attached hydrogens (tertiary/aromatic N) is 2. The third-order valence-corrected chi connectivity index (χ3v) is 2.26. The molecule has 0 aromatic heterocycles. The Hall–Kier alpha value is 1.38. The number of piperidine rings is 2. The molecule has 0 unspecified atom stereocenters. The summed E-state index contributed by atoms with van der Waals surface area (Å²) in [5.74, 6) is 0. The quantitative estimate of drug-likeness (QED) is 0.627. The first-order valence-corrected chi connectivity index (χ1v) is 12.0. The molecule has 0 saturated carbocycles. The van der Waals surface area contributed by atoms with E-state index in [9.17, 15) is 0 Å². The average Bonchev–Trinajstić information content (AvgIpc) is 2.35. The average molecular weight is 330 g/mol. The summed E-state index contributed by atoms with van der Waals surface area (Å²) in [7, 11) is 9.87. The van der Waals surface area contributed by atoms with Crippen LogP contribution in [0.5, 0.6) is 0 Å². The molecule has 0 atom stereocenters. The number of hydrogen-bond donors (Lipinski definition) is 0. The molecule has 0 radical (unpaired) electrons. The molecular weight excluding hydrogens is 310 g/mol. The van der Waals surface area contributed by atoms with Crippen LogP contribution in [0.3, 0.4) is 0 Å². The van der Waals surface area contributed by atoms with Gasteiger partial charge in [0.15, 0.2) is 0 Å². The van der Waals surface area contributed by atoms with E-state index in [1.807, 2.05) is 0 Å². The summed E-state index contributed by atoms with van der Waals surface area (Å²) >= 11 is -0.826. The Morgan fingerprint density at radius 1 is 0.600 bits per heavy atom. The molecule has 2 fully saturated rings. The summed E-state index contributed by atoms with van der Waals surface area (Å²) in [5.41, 5.74) is 0. The summed E-state index contributed by atoms with van der Waals surface area (Å²) < 4.78 is 0. The fraction of sp³-hybridized carbons (Fsp3) is 1.00. The molecule has 2 rings (SSSR count). The van der Waals surface area contributed by atoms with Crippen molar-refractivity contribution in [3.05, 3.63) is 10.6 Å². The second kappa shape index (κ2) is 15.4. The van der Waals surface area contributed by atoms with E-state index in [1.165, 1.54) is 38.5 Å². The van der Waals surface area contributed by atoms with Crippen molar-refractivity contribution in [2.24, 2.45) is 0 Å². The fourth-order valence-electron chi connectivity index (χ4n) is 1.47. The van der Waals surface area contributed by atoms with Crippen molar-refractivity contribution in [1.82, 2.24) is 0 Å². The van der Waals surface area contributed by atoms with Crippen molar-refractivity contribution in [1.29, 1.82) is 0 Å². The van der Waals surface area contributed by atoms with Gasteiger partial charge in [-0.3, -0.25) is 0 Å². The van der Waals surface area contributed by atoms with Crippen LogP contribution in [0.4, 0.5) is 0 Å². The van der Waals surface area contributed by atoms with E-state index < -0.39 is 20.8 Å². The summed E-state index contributed by atoms with van der Waals surface area (Å²) in [6, 6.07) is 0. The van der Waals surface area contributed by atoms with Crippen molar-refractivity contribution in [2.75, 3.05) is 26.2 Å². The van der Waals surface area contributed by atoms with Gasteiger partial charge in [0.2, 0.25) is 0 Å². The van der Waals surface area contributed by atoms with Crippen LogP contribution in [-0.4, -0.2) is 26.2 Å². The van der Waals surface area contributed by atoms with Gasteiger partial charge in [0.1, 0.15) is 0 Å². The molecule has 15 heavy (non-hydrogen) atoms. The van der Waals surface area contributed by atoms with Gasteiger partial charge in [-0.2, -0.15) is 0 Å². The fourth-order valence-corrected chi connectivity index (χ4v) is 1.47. The number of halogens is 2. The van der Waals surface area contributed by atoms with Crippen LogP contribution in [0, 0.1) is 0 Å². The first-order valence-electron chi connectivity index (χ1n) is 5.64. The van der Waals surface area contributed by atoms with Crippen molar-refractivity contribution in [3.8, 4) is 0 Å². The van der Waals surface area contributed by atoms with E-state index in [0.717, 1.165) is 26.2 Å². The molecule has 0 aromatic carbocycles. The molecule has 0 aliphatic carbocycles. The minimum absolute atomic E-state index is 0.826. The summed E-state index contributed by atoms with van der Waals surface area (Å²) in [4.78, 5) is 0. The van der Waals surface area contributed by atoms with Crippen molar-refractivity contribution >= 4 is 17.0 Å². The number of hydrogen-bond acceptors (Lipinski definition) is 0. The maximum absolute atomic E-state index is 4.93. The summed E-state index contributed by atoms with van der Waals surface area (Å²) in [6.45, 7) is 4.50. The van der Waals surface area contributed by atoms with Gasteiger partial charge < -0.3 is 10.6 Å². The Morgan fingerprint density at radius 2 is 0.867 bits per heavy atom. The Balaban J connectivity index is 0.000000210. The molecule has 2 saturated heterocycles. The molecular formula is C10H20Cl2N2Zr. The van der Waals surface area contributed by atoms with Gasteiger partial charge >= 0.3 is 37.9 Å². The van der Waals surface area contributed by atoms with Crippen molar-refractivity contribution in [2.45, 2.75) is 38.5 Å². The third-order valence-electron chi connectivity index (χ3n) is 2.26. The van der Waals surface area contributed by atoms with Crippen LogP contribution in [0.15, 0.2) is 0 Å². The van der Waals surface area contributed by atoms with Crippen molar-refractivity contribution < 1.29 is 20.8 Å². The van der Waals surface area contributed by atoms with Gasteiger partial charge in [-0.15, -0.1) is 26.2 Å². The Morgan fingerprint density at radius 3 is 0.933 bits per heavy atom. The first kappa shape index (κ1) is 16.4. The van der Waals surface area contributed by atoms with Crippen molar-refractivity contribution in [3.63, 3.8) is 0 Å². The molecule has 2 aliphatic rings. The van der Waals surface area contributed by atoms with E-state index in [4.69, 9.17) is 17.0 Å². The van der Waals surface area contributed by atoms with Crippen LogP contribution in [0.25, 0.3) is 10.6 Å². The van der Waals surface area contributed by atoms with Gasteiger partial charge in [-0.05, 0) is 0 Å². The van der Waals surface area contributed by atoms with Crippen LogP contribution >= 0.6 is 17.0 Å². The molecule has 2 nitrogen and oxygen atoms in total. The van der Waals surface area contributed by atoms with Gasteiger partial charge in [-0.25, -0.2) is 0 Å². The van der Waals surface area contributed by atoms with Crippen LogP contribution in [-0.2, 0) is 20.8 Å². The zero-order chi connectivity index (χ0) is 11.2. The summed E-state index contributed by atoms with van der Waals surface area (Å²) in [6.07, 6.45) is 8.15. The molecule has 0 bridgehead atoms. The first-order chi connectivity index (χ1) is 7.41. The van der Waals surface area contributed by atoms with E-state index in [0.29, 0.717) is 0 Å². The number of rotatable bonds is 0. The maximum atomic E-state index is 4.93. The molecule has 2 heterocycles. The Labute approximate surface area is 113 Å². The molecule has 0 N–H and O–H groups in total. The van der Waals surface area contributed by atoms with E-state index >= 15 is 0 Å². The van der Waals surface area contributed by atoms with Gasteiger partial charge in [0.05, 0.1) is 0 Å².